The normalized spacial score (nSPS) is 16.3. The van der Waals surface area contributed by atoms with E-state index in [4.69, 9.17) is 16.0 Å². The van der Waals surface area contributed by atoms with Crippen LogP contribution in [0, 0.1) is 6.57 Å². The van der Waals surface area contributed by atoms with Crippen LogP contribution < -0.4 is 10.1 Å². The van der Waals surface area contributed by atoms with Crippen LogP contribution in [0.2, 0.25) is 0 Å². The van der Waals surface area contributed by atoms with Crippen molar-refractivity contribution < 1.29 is 14.3 Å². The maximum absolute atomic E-state index is 13.0. The first-order valence-electron chi connectivity index (χ1n) is 11.1. The zero-order chi connectivity index (χ0) is 23.2. The van der Waals surface area contributed by atoms with Crippen LogP contribution in [0.5, 0.6) is 5.75 Å². The van der Waals surface area contributed by atoms with E-state index in [2.05, 4.69) is 25.3 Å². The van der Waals surface area contributed by atoms with Gasteiger partial charge in [0.1, 0.15) is 11.4 Å². The number of fused-ring (bicyclic) bond motifs is 1. The molecule has 2 heterocycles. The van der Waals surface area contributed by atoms with Gasteiger partial charge in [0.2, 0.25) is 5.91 Å². The summed E-state index contributed by atoms with van der Waals surface area (Å²) in [4.78, 5) is 18.5. The van der Waals surface area contributed by atoms with Crippen LogP contribution in [0.15, 0.2) is 42.5 Å². The van der Waals surface area contributed by atoms with Crippen molar-refractivity contribution in [2.45, 2.75) is 32.2 Å². The van der Waals surface area contributed by atoms with Crippen molar-refractivity contribution in [1.82, 2.24) is 15.1 Å². The van der Waals surface area contributed by atoms with E-state index >= 15 is 0 Å². The van der Waals surface area contributed by atoms with Gasteiger partial charge in [-0.15, -0.1) is 10.2 Å². The van der Waals surface area contributed by atoms with Crippen molar-refractivity contribution in [3.63, 3.8) is 0 Å². The van der Waals surface area contributed by atoms with E-state index < -0.39 is 0 Å². The highest BCUT2D eigenvalue weighted by Crippen LogP contribution is 2.37. The molecule has 1 fully saturated rings. The van der Waals surface area contributed by atoms with Crippen molar-refractivity contribution in [2.24, 2.45) is 0 Å². The average Bonchev–Trinajstić information content (AvgIpc) is 2.85. The number of amides is 1. The zero-order valence-electron chi connectivity index (χ0n) is 18.9. The quantitative estimate of drug-likeness (QED) is 0.324. The van der Waals surface area contributed by atoms with Gasteiger partial charge in [-0.25, -0.2) is 4.85 Å². The third-order valence-corrected chi connectivity index (χ3v) is 5.85. The van der Waals surface area contributed by atoms with Gasteiger partial charge in [-0.1, -0.05) is 42.8 Å². The molecule has 0 saturated carbocycles. The summed E-state index contributed by atoms with van der Waals surface area (Å²) in [6.07, 6.45) is 2.98. The van der Waals surface area contributed by atoms with Crippen LogP contribution in [0.4, 0.5) is 11.5 Å². The molecule has 3 aromatic rings. The fourth-order valence-electron chi connectivity index (χ4n) is 4.09. The third-order valence-electron chi connectivity index (χ3n) is 5.85. The van der Waals surface area contributed by atoms with Crippen LogP contribution in [-0.2, 0) is 9.53 Å². The van der Waals surface area contributed by atoms with Gasteiger partial charge < -0.3 is 14.8 Å². The van der Waals surface area contributed by atoms with Gasteiger partial charge in [-0.05, 0) is 39.4 Å². The highest BCUT2D eigenvalue weighted by Gasteiger charge is 2.27. The fourth-order valence-corrected chi connectivity index (χ4v) is 4.09. The summed E-state index contributed by atoms with van der Waals surface area (Å²) in [6.45, 7) is 10.7. The Hall–Kier alpha value is -3.54. The minimum atomic E-state index is -0.168. The molecule has 1 aliphatic heterocycles. The van der Waals surface area contributed by atoms with Gasteiger partial charge in [0, 0.05) is 22.9 Å². The number of benzene rings is 2. The van der Waals surface area contributed by atoms with Gasteiger partial charge in [-0.2, -0.15) is 0 Å². The number of nitrogens with zero attached hydrogens (tertiary/aromatic N) is 4. The second-order valence-electron chi connectivity index (χ2n) is 7.97. The number of likely N-dealkylation sites (tertiary alicyclic amines) is 1. The van der Waals surface area contributed by atoms with Gasteiger partial charge in [0.25, 0.3) is 0 Å². The van der Waals surface area contributed by atoms with E-state index in [0.717, 1.165) is 36.6 Å². The van der Waals surface area contributed by atoms with Gasteiger partial charge >= 0.3 is 0 Å². The summed E-state index contributed by atoms with van der Waals surface area (Å²) in [5, 5.41) is 13.5. The van der Waals surface area contributed by atoms with Crippen LogP contribution in [-0.4, -0.2) is 54.0 Å². The molecule has 1 N–H and O–H groups in total. The van der Waals surface area contributed by atoms with E-state index in [-0.39, 0.29) is 18.7 Å². The third kappa shape index (κ3) is 4.95. The molecule has 1 aromatic heterocycles. The Morgan fingerprint density at radius 2 is 2.03 bits per heavy atom. The first-order valence-corrected chi connectivity index (χ1v) is 11.1. The van der Waals surface area contributed by atoms with Crippen LogP contribution in [0.25, 0.3) is 26.9 Å². The van der Waals surface area contributed by atoms with Crippen molar-refractivity contribution >= 4 is 28.2 Å². The highest BCUT2D eigenvalue weighted by molar-refractivity contribution is 6.06. The first kappa shape index (κ1) is 22.6. The zero-order valence-corrected chi connectivity index (χ0v) is 18.9. The largest absolute Gasteiger partial charge is 0.468 e. The van der Waals surface area contributed by atoms with Crippen molar-refractivity contribution in [2.75, 3.05) is 32.3 Å². The molecular weight excluding hydrogens is 418 g/mol. The minimum absolute atomic E-state index is 0.0634. The SMILES string of the molecule is [C-]#[N+]c1ccc(-c2nnc(NC(=O)[C@@H]3CCCCN3C)c3ccccc23)c(OCOCC)c1. The standard InChI is InChI=1S/C25H27N5O3/c1-4-32-16-33-22-15-17(26-2)12-13-20(22)23-18-9-5-6-10-19(18)24(29-28-23)27-25(31)21-11-7-8-14-30(21)3/h5-6,9-10,12-13,15,21H,4,7-8,11,14,16H2,1,3H3,(H,27,29,31)/t21-/m0/s1. The number of carbonyl (C=O) groups is 1. The van der Waals surface area contributed by atoms with Crippen LogP contribution in [0.1, 0.15) is 26.2 Å². The molecule has 0 radical (unpaired) electrons. The molecule has 1 amide bonds. The topological polar surface area (TPSA) is 80.9 Å². The molecule has 8 heteroatoms. The molecule has 33 heavy (non-hydrogen) atoms. The molecule has 0 bridgehead atoms. The number of carbonyl (C=O) groups excluding carboxylic acids is 1. The molecule has 1 saturated heterocycles. The summed E-state index contributed by atoms with van der Waals surface area (Å²) >= 11 is 0. The second kappa shape index (κ2) is 10.4. The Kier molecular flexibility index (Phi) is 7.13. The molecule has 170 valence electrons. The number of likely N-dealkylation sites (N-methyl/N-ethyl adjacent to an activating group) is 1. The Balaban J connectivity index is 1.71. The number of hydrogen-bond donors (Lipinski definition) is 1. The molecule has 8 nitrogen and oxygen atoms in total. The van der Waals surface area contributed by atoms with Crippen molar-refractivity contribution in [3.8, 4) is 17.0 Å². The smallest absolute Gasteiger partial charge is 0.242 e. The number of aromatic nitrogens is 2. The lowest BCUT2D eigenvalue weighted by Gasteiger charge is -2.31. The Bertz CT molecular complexity index is 1190. The number of anilines is 1. The van der Waals surface area contributed by atoms with Gasteiger partial charge in [-0.3, -0.25) is 9.69 Å². The lowest BCUT2D eigenvalue weighted by molar-refractivity contribution is -0.121. The van der Waals surface area contributed by atoms with E-state index in [1.165, 1.54) is 0 Å². The fraction of sp³-hybridized carbons (Fsp3) is 0.360. The number of ether oxygens (including phenoxy) is 2. The van der Waals surface area contributed by atoms with Gasteiger partial charge in [0.05, 0.1) is 12.6 Å². The minimum Gasteiger partial charge on any atom is -0.468 e. The van der Waals surface area contributed by atoms with Crippen molar-refractivity contribution in [1.29, 1.82) is 0 Å². The Morgan fingerprint density at radius 3 is 2.79 bits per heavy atom. The van der Waals surface area contributed by atoms with E-state index in [1.807, 2.05) is 38.2 Å². The van der Waals surface area contributed by atoms with E-state index in [0.29, 0.717) is 35.1 Å². The molecule has 2 aromatic carbocycles. The Labute approximate surface area is 193 Å². The van der Waals surface area contributed by atoms with Crippen molar-refractivity contribution in [3.05, 3.63) is 53.9 Å². The number of hydrogen-bond acceptors (Lipinski definition) is 6. The predicted octanol–water partition coefficient (Wildman–Crippen LogP) is 4.64. The first-order chi connectivity index (χ1) is 16.1. The molecule has 1 aliphatic rings. The monoisotopic (exact) mass is 445 g/mol. The summed E-state index contributed by atoms with van der Waals surface area (Å²) in [7, 11) is 1.98. The number of nitrogens with one attached hydrogen (secondary N) is 1. The summed E-state index contributed by atoms with van der Waals surface area (Å²) in [6, 6.07) is 12.7. The second-order valence-corrected chi connectivity index (χ2v) is 7.97. The highest BCUT2D eigenvalue weighted by atomic mass is 16.7. The lowest BCUT2D eigenvalue weighted by atomic mass is 10.0. The van der Waals surface area contributed by atoms with Crippen LogP contribution >= 0.6 is 0 Å². The summed E-state index contributed by atoms with van der Waals surface area (Å²) in [5.74, 6) is 0.872. The van der Waals surface area contributed by atoms with E-state index in [1.54, 1.807) is 18.2 Å². The van der Waals surface area contributed by atoms with E-state index in [9.17, 15) is 4.79 Å². The molecule has 0 aliphatic carbocycles. The maximum Gasteiger partial charge on any atom is 0.242 e. The summed E-state index contributed by atoms with van der Waals surface area (Å²) < 4.78 is 11.1. The molecule has 0 unspecified atom stereocenters. The maximum atomic E-state index is 13.0. The number of piperidine rings is 1. The van der Waals surface area contributed by atoms with Crippen LogP contribution in [0.3, 0.4) is 0 Å². The summed E-state index contributed by atoms with van der Waals surface area (Å²) in [5.41, 5.74) is 1.78. The predicted molar refractivity (Wildman–Crippen MR) is 127 cm³/mol. The molecule has 0 spiro atoms. The average molecular weight is 446 g/mol. The van der Waals surface area contributed by atoms with Gasteiger partial charge in [0.15, 0.2) is 18.3 Å². The number of rotatable bonds is 7. The molecular formula is C25H27N5O3. The molecule has 4 rings (SSSR count). The lowest BCUT2D eigenvalue weighted by Crippen LogP contribution is -2.44. The Morgan fingerprint density at radius 1 is 1.21 bits per heavy atom. The molecule has 1 atom stereocenters.